The Bertz CT molecular complexity index is 1010. The van der Waals surface area contributed by atoms with Gasteiger partial charge in [0.05, 0.1) is 11.9 Å². The third-order valence-electron chi connectivity index (χ3n) is 3.43. The summed E-state index contributed by atoms with van der Waals surface area (Å²) in [6.07, 6.45) is -4.28. The highest BCUT2D eigenvalue weighted by molar-refractivity contribution is 6.30. The number of hydrogen-bond acceptors (Lipinski definition) is 6. The topological polar surface area (TPSA) is 86.5 Å². The first-order chi connectivity index (χ1) is 13.7. The summed E-state index contributed by atoms with van der Waals surface area (Å²) in [5.74, 6) is 0.150. The van der Waals surface area contributed by atoms with Crippen molar-refractivity contribution in [1.29, 1.82) is 0 Å². The van der Waals surface area contributed by atoms with E-state index >= 15 is 0 Å². The molecule has 0 unspecified atom stereocenters. The molecule has 3 aromatic rings. The number of halogens is 4. The molecule has 0 fully saturated rings. The maximum atomic E-state index is 12.5. The minimum atomic E-state index is -4.53. The molecule has 1 N–H and O–H groups in total. The molecule has 7 nitrogen and oxygen atoms in total. The van der Waals surface area contributed by atoms with E-state index in [2.05, 4.69) is 15.5 Å². The zero-order valence-electron chi connectivity index (χ0n) is 14.8. The highest BCUT2D eigenvalue weighted by Crippen LogP contribution is 2.32. The van der Waals surface area contributed by atoms with Crippen LogP contribution in [0.1, 0.15) is 5.76 Å². The van der Waals surface area contributed by atoms with Gasteiger partial charge in [-0.05, 0) is 35.8 Å². The summed E-state index contributed by atoms with van der Waals surface area (Å²) in [6.45, 7) is 0.112. The van der Waals surface area contributed by atoms with E-state index in [9.17, 15) is 18.0 Å². The van der Waals surface area contributed by atoms with Gasteiger partial charge in [0.2, 0.25) is 5.88 Å². The van der Waals surface area contributed by atoms with Crippen LogP contribution in [0.15, 0.2) is 47.1 Å². The van der Waals surface area contributed by atoms with E-state index in [1.54, 1.807) is 31.2 Å². The average molecular weight is 428 g/mol. The Kier molecular flexibility index (Phi) is 5.92. The van der Waals surface area contributed by atoms with Gasteiger partial charge in [0.15, 0.2) is 6.61 Å². The molecule has 0 aliphatic heterocycles. The predicted molar refractivity (Wildman–Crippen MR) is 97.1 cm³/mol. The number of carbonyl (C=O) groups excluding carboxylic acids is 1. The number of anilines is 1. The van der Waals surface area contributed by atoms with Crippen LogP contribution in [-0.4, -0.2) is 29.0 Å². The van der Waals surface area contributed by atoms with Crippen LogP contribution in [0.3, 0.4) is 0 Å². The van der Waals surface area contributed by atoms with Crippen LogP contribution in [0.25, 0.3) is 11.1 Å². The fourth-order valence-electron chi connectivity index (χ4n) is 2.25. The second kappa shape index (κ2) is 8.39. The first kappa shape index (κ1) is 20.5. The molecule has 1 aromatic carbocycles. The summed E-state index contributed by atoms with van der Waals surface area (Å²) in [4.78, 5) is 15.9. The summed E-state index contributed by atoms with van der Waals surface area (Å²) in [6, 6.07) is 9.10. The lowest BCUT2D eigenvalue weighted by atomic mass is 10.1. The van der Waals surface area contributed by atoms with Gasteiger partial charge in [0.1, 0.15) is 5.76 Å². The maximum Gasteiger partial charge on any atom is 0.422 e. The molecular formula is C18H13ClF3N3O4. The number of hydrogen-bond donors (Lipinski definition) is 1. The molecule has 0 aliphatic rings. The van der Waals surface area contributed by atoms with Gasteiger partial charge in [-0.1, -0.05) is 23.7 Å². The van der Waals surface area contributed by atoms with Crippen molar-refractivity contribution >= 4 is 23.4 Å². The number of pyridine rings is 1. The third kappa shape index (κ3) is 5.85. The van der Waals surface area contributed by atoms with Crippen molar-refractivity contribution < 1.29 is 32.0 Å². The molecule has 0 atom stereocenters. The standard InChI is InChI=1S/C18H13ClF3N3O4/c1-10-6-15(25-29-10)28-17(26)24-13-7-14(11-2-4-12(19)5-3-11)16(23-8-13)27-9-18(20,21)22/h2-8H,9H2,1H3,(H,24,26). The minimum Gasteiger partial charge on any atom is -0.468 e. The molecule has 0 saturated heterocycles. The lowest BCUT2D eigenvalue weighted by Gasteiger charge is -2.14. The first-order valence-corrected chi connectivity index (χ1v) is 8.45. The Morgan fingerprint density at radius 2 is 1.97 bits per heavy atom. The van der Waals surface area contributed by atoms with Gasteiger partial charge < -0.3 is 14.0 Å². The maximum absolute atomic E-state index is 12.5. The molecule has 1 amide bonds. The van der Waals surface area contributed by atoms with Crippen LogP contribution in [0.2, 0.25) is 5.02 Å². The lowest BCUT2D eigenvalue weighted by Crippen LogP contribution is -2.20. The number of benzene rings is 1. The van der Waals surface area contributed by atoms with Crippen LogP contribution >= 0.6 is 11.6 Å². The largest absolute Gasteiger partial charge is 0.468 e. The van der Waals surface area contributed by atoms with Gasteiger partial charge in [-0.3, -0.25) is 5.32 Å². The van der Waals surface area contributed by atoms with E-state index in [-0.39, 0.29) is 23.0 Å². The quantitative estimate of drug-likeness (QED) is 0.598. The molecule has 0 bridgehead atoms. The SMILES string of the molecule is Cc1cc(OC(=O)Nc2cnc(OCC(F)(F)F)c(-c3ccc(Cl)cc3)c2)no1. The van der Waals surface area contributed by atoms with Crippen molar-refractivity contribution in [2.75, 3.05) is 11.9 Å². The van der Waals surface area contributed by atoms with Crippen LogP contribution in [0.5, 0.6) is 11.8 Å². The van der Waals surface area contributed by atoms with Gasteiger partial charge in [0, 0.05) is 16.7 Å². The van der Waals surface area contributed by atoms with Gasteiger partial charge in [-0.15, -0.1) is 0 Å². The van der Waals surface area contributed by atoms with Crippen molar-refractivity contribution in [2.24, 2.45) is 0 Å². The number of ether oxygens (including phenoxy) is 2. The molecule has 0 saturated carbocycles. The van der Waals surface area contributed by atoms with E-state index in [4.69, 9.17) is 25.6 Å². The first-order valence-electron chi connectivity index (χ1n) is 8.07. The molecule has 152 valence electrons. The molecule has 29 heavy (non-hydrogen) atoms. The van der Waals surface area contributed by atoms with Gasteiger partial charge in [0.25, 0.3) is 5.88 Å². The highest BCUT2D eigenvalue weighted by Gasteiger charge is 2.29. The smallest absolute Gasteiger partial charge is 0.422 e. The van der Waals surface area contributed by atoms with Crippen LogP contribution in [-0.2, 0) is 0 Å². The molecule has 11 heteroatoms. The predicted octanol–water partition coefficient (Wildman–Crippen LogP) is 5.25. The van der Waals surface area contributed by atoms with Crippen molar-refractivity contribution in [3.05, 3.63) is 53.4 Å². The van der Waals surface area contributed by atoms with Gasteiger partial charge >= 0.3 is 12.3 Å². The monoisotopic (exact) mass is 427 g/mol. The fourth-order valence-corrected chi connectivity index (χ4v) is 2.38. The fraction of sp³-hybridized carbons (Fsp3) is 0.167. The number of aromatic nitrogens is 2. The second-order valence-electron chi connectivity index (χ2n) is 5.78. The highest BCUT2D eigenvalue weighted by atomic mass is 35.5. The van der Waals surface area contributed by atoms with Gasteiger partial charge in [-0.2, -0.15) is 13.2 Å². The summed E-state index contributed by atoms with van der Waals surface area (Å²) < 4.78 is 52.1. The summed E-state index contributed by atoms with van der Waals surface area (Å²) in [5.41, 5.74) is 0.878. The van der Waals surface area contributed by atoms with Crippen molar-refractivity contribution in [1.82, 2.24) is 10.1 Å². The number of rotatable bonds is 5. The van der Waals surface area contributed by atoms with Gasteiger partial charge in [-0.25, -0.2) is 9.78 Å². The molecule has 2 aromatic heterocycles. The number of aryl methyl sites for hydroxylation is 1. The third-order valence-corrected chi connectivity index (χ3v) is 3.68. The number of nitrogens with one attached hydrogen (secondary N) is 1. The van der Waals surface area contributed by atoms with E-state index in [0.29, 0.717) is 16.3 Å². The normalized spacial score (nSPS) is 11.2. The Balaban J connectivity index is 1.84. The molecule has 2 heterocycles. The Labute approximate surface area is 167 Å². The second-order valence-corrected chi connectivity index (χ2v) is 6.21. The van der Waals surface area contributed by atoms with Crippen LogP contribution < -0.4 is 14.8 Å². The molecule has 3 rings (SSSR count). The van der Waals surface area contributed by atoms with Crippen LogP contribution in [0.4, 0.5) is 23.7 Å². The summed E-state index contributed by atoms with van der Waals surface area (Å²) in [5, 5.41) is 6.38. The lowest BCUT2D eigenvalue weighted by molar-refractivity contribution is -0.154. The number of nitrogens with zero attached hydrogens (tertiary/aromatic N) is 2. The zero-order chi connectivity index (χ0) is 21.0. The zero-order valence-corrected chi connectivity index (χ0v) is 15.5. The van der Waals surface area contributed by atoms with E-state index in [1.165, 1.54) is 12.1 Å². The summed E-state index contributed by atoms with van der Waals surface area (Å²) in [7, 11) is 0. The molecular weight excluding hydrogens is 415 g/mol. The molecule has 0 spiro atoms. The number of amides is 1. The average Bonchev–Trinajstić information content (AvgIpc) is 3.05. The van der Waals surface area contributed by atoms with Crippen molar-refractivity contribution in [2.45, 2.75) is 13.1 Å². The summed E-state index contributed by atoms with van der Waals surface area (Å²) >= 11 is 5.86. The van der Waals surface area contributed by atoms with E-state index in [1.807, 2.05) is 0 Å². The Morgan fingerprint density at radius 1 is 1.24 bits per heavy atom. The number of carbonyl (C=O) groups is 1. The van der Waals surface area contributed by atoms with Crippen molar-refractivity contribution in [3.8, 4) is 22.9 Å². The van der Waals surface area contributed by atoms with E-state index < -0.39 is 18.9 Å². The van der Waals surface area contributed by atoms with Crippen LogP contribution in [0, 0.1) is 6.92 Å². The Morgan fingerprint density at radius 3 is 2.59 bits per heavy atom. The number of alkyl halides is 3. The van der Waals surface area contributed by atoms with Crippen molar-refractivity contribution in [3.63, 3.8) is 0 Å². The van der Waals surface area contributed by atoms with E-state index in [0.717, 1.165) is 6.20 Å². The molecule has 0 aliphatic carbocycles. The molecule has 0 radical (unpaired) electrons. The Hall–Kier alpha value is -3.27. The minimum absolute atomic E-state index is 0.0454.